The Hall–Kier alpha value is -3.75. The first-order valence-electron chi connectivity index (χ1n) is 15.3. The predicted octanol–water partition coefficient (Wildman–Crippen LogP) is 5.89. The van der Waals surface area contributed by atoms with Crippen molar-refractivity contribution in [3.8, 4) is 0 Å². The van der Waals surface area contributed by atoms with Crippen molar-refractivity contribution >= 4 is 36.7 Å². The van der Waals surface area contributed by atoms with E-state index < -0.39 is 43.8 Å². The molecule has 3 aromatic rings. The number of cyclic esters (lactones) is 1. The molecule has 0 bridgehead atoms. The number of nitrogens with zero attached hydrogens (tertiary/aromatic N) is 1. The number of carbonyl (C=O) groups is 3. The van der Waals surface area contributed by atoms with Crippen LogP contribution in [0.1, 0.15) is 59.9 Å². The van der Waals surface area contributed by atoms with Gasteiger partial charge in [0.05, 0.1) is 18.4 Å². The number of hydrogen-bond acceptors (Lipinski definition) is 6. The Labute approximate surface area is 262 Å². The fourth-order valence-corrected chi connectivity index (χ4v) is 10.6. The molecule has 4 rings (SSSR count). The van der Waals surface area contributed by atoms with Crippen molar-refractivity contribution in [2.45, 2.75) is 77.5 Å². The number of rotatable bonds is 11. The fraction of sp³-hybridized carbons (Fsp3) is 0.417. The summed E-state index contributed by atoms with van der Waals surface area (Å²) in [6, 6.07) is 29.8. The SMILES string of the molecule is CC(C)(C)OC(=O)CC(CCO[Si](c1ccccc1)(c1ccccc1)C(C)(C)C)C(=O)N1C(=O)OC[C@@H]1Cc1ccccc1. The van der Waals surface area contributed by atoms with E-state index in [1.807, 2.05) is 66.7 Å². The number of hydrogen-bond donors (Lipinski definition) is 0. The zero-order valence-electron chi connectivity index (χ0n) is 26.7. The molecule has 8 heteroatoms. The van der Waals surface area contributed by atoms with Crippen LogP contribution >= 0.6 is 0 Å². The monoisotopic (exact) mass is 615 g/mol. The van der Waals surface area contributed by atoms with E-state index >= 15 is 0 Å². The van der Waals surface area contributed by atoms with E-state index in [1.165, 1.54) is 4.90 Å². The Morgan fingerprint density at radius 3 is 1.89 bits per heavy atom. The molecular weight excluding hydrogens is 570 g/mol. The van der Waals surface area contributed by atoms with Crippen LogP contribution in [-0.4, -0.2) is 56.0 Å². The van der Waals surface area contributed by atoms with Crippen LogP contribution in [0.2, 0.25) is 5.04 Å². The highest BCUT2D eigenvalue weighted by molar-refractivity contribution is 6.99. The Bertz CT molecular complexity index is 1360. The van der Waals surface area contributed by atoms with Crippen molar-refractivity contribution in [2.24, 2.45) is 5.92 Å². The number of imide groups is 1. The number of ether oxygens (including phenoxy) is 2. The van der Waals surface area contributed by atoms with Crippen LogP contribution in [0.25, 0.3) is 0 Å². The molecule has 2 amide bonds. The predicted molar refractivity (Wildman–Crippen MR) is 174 cm³/mol. The highest BCUT2D eigenvalue weighted by Crippen LogP contribution is 2.37. The summed E-state index contributed by atoms with van der Waals surface area (Å²) in [4.78, 5) is 41.3. The first-order chi connectivity index (χ1) is 20.8. The van der Waals surface area contributed by atoms with Crippen molar-refractivity contribution in [2.75, 3.05) is 13.2 Å². The first kappa shape index (κ1) is 33.1. The lowest BCUT2D eigenvalue weighted by Crippen LogP contribution is -2.66. The van der Waals surface area contributed by atoms with Crippen LogP contribution in [0.4, 0.5) is 4.79 Å². The molecule has 234 valence electrons. The minimum Gasteiger partial charge on any atom is -0.460 e. The summed E-state index contributed by atoms with van der Waals surface area (Å²) >= 11 is 0. The van der Waals surface area contributed by atoms with E-state index in [9.17, 15) is 14.4 Å². The molecule has 0 N–H and O–H groups in total. The number of benzene rings is 3. The number of amides is 2. The van der Waals surface area contributed by atoms with Crippen molar-refractivity contribution < 1.29 is 28.3 Å². The zero-order valence-corrected chi connectivity index (χ0v) is 27.7. The first-order valence-corrected chi connectivity index (χ1v) is 17.2. The van der Waals surface area contributed by atoms with Gasteiger partial charge in [-0.3, -0.25) is 9.59 Å². The Morgan fingerprint density at radius 2 is 1.39 bits per heavy atom. The van der Waals surface area contributed by atoms with Gasteiger partial charge in [-0.1, -0.05) is 112 Å². The molecule has 1 unspecified atom stereocenters. The molecule has 0 aromatic heterocycles. The molecular formula is C36H45NO6Si. The molecule has 44 heavy (non-hydrogen) atoms. The van der Waals surface area contributed by atoms with Gasteiger partial charge in [0.1, 0.15) is 12.2 Å². The molecule has 2 atom stereocenters. The van der Waals surface area contributed by atoms with E-state index in [4.69, 9.17) is 13.9 Å². The smallest absolute Gasteiger partial charge is 0.416 e. The maximum absolute atomic E-state index is 14.1. The van der Waals surface area contributed by atoms with Gasteiger partial charge in [-0.15, -0.1) is 0 Å². The summed E-state index contributed by atoms with van der Waals surface area (Å²) in [5, 5.41) is 2.00. The normalized spacial score (nSPS) is 16.4. The third-order valence-electron chi connectivity index (χ3n) is 7.90. The fourth-order valence-electron chi connectivity index (χ4n) is 5.98. The average molecular weight is 616 g/mol. The van der Waals surface area contributed by atoms with Crippen LogP contribution in [0.15, 0.2) is 91.0 Å². The van der Waals surface area contributed by atoms with E-state index in [2.05, 4.69) is 45.0 Å². The molecule has 1 saturated heterocycles. The molecule has 0 aliphatic carbocycles. The van der Waals surface area contributed by atoms with Gasteiger partial charge in [-0.05, 0) is 54.6 Å². The standard InChI is InChI=1S/C36H45NO6Si/c1-35(2,3)43-32(38)25-28(33(39)37-29(26-41-34(37)40)24-27-16-10-7-11-17-27)22-23-42-44(36(4,5)6,30-18-12-8-13-19-30)31-20-14-9-15-21-31/h7-21,28-29H,22-26H2,1-6H3/t28?,29-/m0/s1. The molecule has 1 heterocycles. The highest BCUT2D eigenvalue weighted by Gasteiger charge is 2.50. The molecule has 0 radical (unpaired) electrons. The van der Waals surface area contributed by atoms with E-state index in [-0.39, 0.29) is 31.1 Å². The quantitative estimate of drug-likeness (QED) is 0.198. The average Bonchev–Trinajstić information content (AvgIpc) is 3.33. The Morgan fingerprint density at radius 1 is 0.864 bits per heavy atom. The highest BCUT2D eigenvalue weighted by atomic mass is 28.4. The van der Waals surface area contributed by atoms with Gasteiger partial charge in [0.2, 0.25) is 5.91 Å². The summed E-state index contributed by atoms with van der Waals surface area (Å²) in [5.41, 5.74) is 0.283. The van der Waals surface area contributed by atoms with Gasteiger partial charge in [0, 0.05) is 6.61 Å². The Kier molecular flexibility index (Phi) is 10.5. The summed E-state index contributed by atoms with van der Waals surface area (Å²) in [6.07, 6.45) is -0.138. The zero-order chi connectivity index (χ0) is 32.0. The largest absolute Gasteiger partial charge is 0.460 e. The molecule has 1 aliphatic rings. The Balaban J connectivity index is 1.63. The second-order valence-electron chi connectivity index (χ2n) is 13.4. The van der Waals surface area contributed by atoms with E-state index in [0.29, 0.717) is 6.42 Å². The number of carbonyl (C=O) groups excluding carboxylic acids is 3. The van der Waals surface area contributed by atoms with Gasteiger partial charge < -0.3 is 13.9 Å². The maximum Gasteiger partial charge on any atom is 0.416 e. The van der Waals surface area contributed by atoms with Gasteiger partial charge in [-0.25, -0.2) is 9.69 Å². The minimum absolute atomic E-state index is 0.108. The summed E-state index contributed by atoms with van der Waals surface area (Å²) < 4.78 is 18.0. The van der Waals surface area contributed by atoms with Crippen molar-refractivity contribution in [3.05, 3.63) is 96.6 Å². The minimum atomic E-state index is -2.87. The maximum atomic E-state index is 14.1. The summed E-state index contributed by atoms with van der Waals surface area (Å²) in [6.45, 7) is 12.3. The molecule has 7 nitrogen and oxygen atoms in total. The lowest BCUT2D eigenvalue weighted by molar-refractivity contribution is -0.158. The summed E-state index contributed by atoms with van der Waals surface area (Å²) in [7, 11) is -2.87. The molecule has 3 aromatic carbocycles. The van der Waals surface area contributed by atoms with Crippen LogP contribution in [0, 0.1) is 5.92 Å². The van der Waals surface area contributed by atoms with Crippen molar-refractivity contribution in [1.29, 1.82) is 0 Å². The van der Waals surface area contributed by atoms with Gasteiger partial charge >= 0.3 is 12.1 Å². The second-order valence-corrected chi connectivity index (χ2v) is 17.7. The van der Waals surface area contributed by atoms with Gasteiger partial charge in [0.25, 0.3) is 8.32 Å². The van der Waals surface area contributed by atoms with Crippen LogP contribution in [0.5, 0.6) is 0 Å². The van der Waals surface area contributed by atoms with Gasteiger partial charge in [0.15, 0.2) is 0 Å². The van der Waals surface area contributed by atoms with Gasteiger partial charge in [-0.2, -0.15) is 0 Å². The van der Waals surface area contributed by atoms with Crippen LogP contribution in [0.3, 0.4) is 0 Å². The lowest BCUT2D eigenvalue weighted by Gasteiger charge is -2.43. The third-order valence-corrected chi connectivity index (χ3v) is 12.9. The molecule has 0 spiro atoms. The van der Waals surface area contributed by atoms with Crippen molar-refractivity contribution in [3.63, 3.8) is 0 Å². The molecule has 0 saturated carbocycles. The molecule has 1 fully saturated rings. The van der Waals surface area contributed by atoms with Crippen LogP contribution < -0.4 is 10.4 Å². The summed E-state index contributed by atoms with van der Waals surface area (Å²) in [5.74, 6) is -1.76. The lowest BCUT2D eigenvalue weighted by atomic mass is 9.98. The second kappa shape index (κ2) is 13.9. The topological polar surface area (TPSA) is 82.1 Å². The number of esters is 1. The molecule has 1 aliphatic heterocycles. The van der Waals surface area contributed by atoms with E-state index in [1.54, 1.807) is 20.8 Å². The van der Waals surface area contributed by atoms with E-state index in [0.717, 1.165) is 15.9 Å². The van der Waals surface area contributed by atoms with Crippen molar-refractivity contribution in [1.82, 2.24) is 4.90 Å². The third kappa shape index (κ3) is 7.84. The van der Waals surface area contributed by atoms with Crippen LogP contribution in [-0.2, 0) is 29.9 Å².